The molecule has 0 aromatic rings. The summed E-state index contributed by atoms with van der Waals surface area (Å²) < 4.78 is 68.7. The molecule has 0 saturated heterocycles. The molecule has 3 unspecified atom stereocenters. The van der Waals surface area contributed by atoms with E-state index in [2.05, 4.69) is 55.4 Å². The summed E-state index contributed by atoms with van der Waals surface area (Å²) in [5.41, 5.74) is 0. The van der Waals surface area contributed by atoms with E-state index in [1.165, 1.54) is 212 Å². The molecule has 0 rings (SSSR count). The van der Waals surface area contributed by atoms with Crippen molar-refractivity contribution < 1.29 is 80.2 Å². The third-order valence-electron chi connectivity index (χ3n) is 18.8. The molecule has 0 fully saturated rings. The molecule has 0 aromatic carbocycles. The Hall–Kier alpha value is -1.94. The molecule has 0 heterocycles. The second kappa shape index (κ2) is 70.1. The Balaban J connectivity index is 5.21. The smallest absolute Gasteiger partial charge is 0.462 e. The molecule has 0 amide bonds. The van der Waals surface area contributed by atoms with Gasteiger partial charge in [0.2, 0.25) is 0 Å². The zero-order valence-corrected chi connectivity index (χ0v) is 67.6. The third-order valence-corrected chi connectivity index (χ3v) is 20.7. The van der Waals surface area contributed by atoms with Crippen molar-refractivity contribution in [1.29, 1.82) is 0 Å². The predicted molar refractivity (Wildman–Crippen MR) is 409 cm³/mol. The molecule has 19 heteroatoms. The Labute approximate surface area is 613 Å². The molecule has 0 aliphatic carbocycles. The second-order valence-electron chi connectivity index (χ2n) is 31.1. The molecule has 0 spiro atoms. The highest BCUT2D eigenvalue weighted by Gasteiger charge is 2.30. The monoisotopic (exact) mass is 1470 g/mol. The van der Waals surface area contributed by atoms with Crippen LogP contribution in [0, 0.1) is 23.7 Å². The van der Waals surface area contributed by atoms with Crippen molar-refractivity contribution in [2.45, 2.75) is 433 Å². The van der Waals surface area contributed by atoms with Gasteiger partial charge in [0, 0.05) is 25.7 Å². The zero-order valence-electron chi connectivity index (χ0n) is 65.8. The Kier molecular flexibility index (Phi) is 68.7. The summed E-state index contributed by atoms with van der Waals surface area (Å²) in [5, 5.41) is 10.6. The normalized spacial score (nSPS) is 14.0. The van der Waals surface area contributed by atoms with E-state index < -0.39 is 97.5 Å². The number of hydrogen-bond donors (Lipinski definition) is 3. The maximum absolute atomic E-state index is 13.1. The van der Waals surface area contributed by atoms with Gasteiger partial charge in [-0.05, 0) is 49.4 Å². The number of carbonyl (C=O) groups excluding carboxylic acids is 4. The lowest BCUT2D eigenvalue weighted by molar-refractivity contribution is -0.161. The predicted octanol–water partition coefficient (Wildman–Crippen LogP) is 24.0. The Bertz CT molecular complexity index is 1950. The van der Waals surface area contributed by atoms with Crippen molar-refractivity contribution in [3.05, 3.63) is 0 Å². The Morgan fingerprint density at radius 2 is 0.420 bits per heavy atom. The Morgan fingerprint density at radius 1 is 0.250 bits per heavy atom. The molecule has 5 atom stereocenters. The van der Waals surface area contributed by atoms with Crippen LogP contribution in [0.2, 0.25) is 0 Å². The quantitative estimate of drug-likeness (QED) is 0.0222. The van der Waals surface area contributed by atoms with Gasteiger partial charge in [-0.15, -0.1) is 0 Å². The SMILES string of the molecule is CC(C)CCCCCCCCCCCCCCCCCCC(=O)O[C@H](COC(=O)CCCCCCCCCC(C)C)COP(=O)(O)OCC(O)COP(=O)(O)OC[C@@H](COC(=O)CCCCCCCCCCCCCCCCCC(C)C)OC(=O)CCCCCCCCCCCCC(C)C. The molecule has 0 radical (unpaired) electrons. The molecule has 0 saturated carbocycles. The van der Waals surface area contributed by atoms with E-state index in [9.17, 15) is 43.2 Å². The van der Waals surface area contributed by atoms with Gasteiger partial charge < -0.3 is 33.8 Å². The van der Waals surface area contributed by atoms with Crippen molar-refractivity contribution in [3.8, 4) is 0 Å². The van der Waals surface area contributed by atoms with Crippen LogP contribution in [-0.2, 0) is 65.4 Å². The Morgan fingerprint density at radius 3 is 0.620 bits per heavy atom. The van der Waals surface area contributed by atoms with E-state index in [0.717, 1.165) is 114 Å². The first kappa shape index (κ1) is 98.1. The first-order chi connectivity index (χ1) is 48.1. The second-order valence-corrected chi connectivity index (χ2v) is 34.0. The van der Waals surface area contributed by atoms with Crippen LogP contribution in [0.3, 0.4) is 0 Å². The molecule has 0 aromatic heterocycles. The molecule has 100 heavy (non-hydrogen) atoms. The van der Waals surface area contributed by atoms with Gasteiger partial charge in [-0.25, -0.2) is 9.13 Å². The molecule has 17 nitrogen and oxygen atoms in total. The highest BCUT2D eigenvalue weighted by molar-refractivity contribution is 7.47. The first-order valence-electron chi connectivity index (χ1n) is 41.7. The average molecular weight is 1470 g/mol. The fourth-order valence-electron chi connectivity index (χ4n) is 12.4. The number of esters is 4. The average Bonchev–Trinajstić information content (AvgIpc) is 0.958. The number of hydrogen-bond acceptors (Lipinski definition) is 15. The summed E-state index contributed by atoms with van der Waals surface area (Å²) in [4.78, 5) is 73.0. The van der Waals surface area contributed by atoms with Crippen molar-refractivity contribution in [3.63, 3.8) is 0 Å². The third kappa shape index (κ3) is 74.3. The summed E-state index contributed by atoms with van der Waals surface area (Å²) in [6, 6.07) is 0. The molecule has 594 valence electrons. The number of aliphatic hydroxyl groups excluding tert-OH is 1. The van der Waals surface area contributed by atoms with Crippen LogP contribution in [0.15, 0.2) is 0 Å². The highest BCUT2D eigenvalue weighted by Crippen LogP contribution is 2.45. The van der Waals surface area contributed by atoms with Crippen LogP contribution in [0.5, 0.6) is 0 Å². The van der Waals surface area contributed by atoms with Gasteiger partial charge in [0.15, 0.2) is 12.2 Å². The van der Waals surface area contributed by atoms with Gasteiger partial charge >= 0.3 is 39.5 Å². The minimum absolute atomic E-state index is 0.106. The fraction of sp³-hybridized carbons (Fsp3) is 0.951. The standard InChI is InChI=1S/C81H158O17P2/c1-71(2)57-49-41-33-26-20-16-12-9-10-14-19-23-30-38-47-55-63-80(85)98-77(68-92-79(84)62-54-46-40-32-36-44-52-60-74(7)8)70-96-100(89,90)94-66-75(82)65-93-99(87,88)95-69-76(97-81(86)64-56-48-39-31-25-24-28-35-43-51-59-73(5)6)67-91-78(83)61-53-45-37-29-22-18-15-11-13-17-21-27-34-42-50-58-72(3)4/h71-77,82H,9-70H2,1-8H3,(H,87,88)(H,89,90)/t75?,76-,77-/m1/s1. The number of phosphoric ester groups is 2. The van der Waals surface area contributed by atoms with Crippen molar-refractivity contribution in [2.24, 2.45) is 23.7 Å². The minimum Gasteiger partial charge on any atom is -0.462 e. The van der Waals surface area contributed by atoms with Gasteiger partial charge in [0.1, 0.15) is 19.3 Å². The summed E-state index contributed by atoms with van der Waals surface area (Å²) in [7, 11) is -9.92. The van der Waals surface area contributed by atoms with Gasteiger partial charge in [-0.1, -0.05) is 364 Å². The van der Waals surface area contributed by atoms with Crippen LogP contribution in [0.4, 0.5) is 0 Å². The molecule has 0 aliphatic rings. The van der Waals surface area contributed by atoms with Gasteiger partial charge in [-0.2, -0.15) is 0 Å². The minimum atomic E-state index is -4.96. The maximum atomic E-state index is 13.1. The number of ether oxygens (including phenoxy) is 4. The van der Waals surface area contributed by atoms with Crippen molar-refractivity contribution >= 4 is 39.5 Å². The zero-order chi connectivity index (χ0) is 73.8. The van der Waals surface area contributed by atoms with Gasteiger partial charge in [-0.3, -0.25) is 37.3 Å². The molecule has 0 aliphatic heterocycles. The topological polar surface area (TPSA) is 237 Å². The summed E-state index contributed by atoms with van der Waals surface area (Å²) in [6.07, 6.45) is 57.0. The van der Waals surface area contributed by atoms with Crippen LogP contribution in [0.25, 0.3) is 0 Å². The highest BCUT2D eigenvalue weighted by atomic mass is 31.2. The summed E-state index contributed by atoms with van der Waals surface area (Å²) in [5.74, 6) is 0.957. The van der Waals surface area contributed by atoms with E-state index >= 15 is 0 Å². The maximum Gasteiger partial charge on any atom is 0.472 e. The first-order valence-corrected chi connectivity index (χ1v) is 44.7. The fourth-order valence-corrected chi connectivity index (χ4v) is 14.0. The molecule has 0 bridgehead atoms. The van der Waals surface area contributed by atoms with Crippen LogP contribution < -0.4 is 0 Å². The molecular formula is C81H158O17P2. The number of carbonyl (C=O) groups is 4. The van der Waals surface area contributed by atoms with E-state index in [4.69, 9.17) is 37.0 Å². The van der Waals surface area contributed by atoms with E-state index in [1.807, 2.05) is 0 Å². The van der Waals surface area contributed by atoms with Crippen molar-refractivity contribution in [2.75, 3.05) is 39.6 Å². The molecule has 3 N–H and O–H groups in total. The van der Waals surface area contributed by atoms with Crippen molar-refractivity contribution in [1.82, 2.24) is 0 Å². The lowest BCUT2D eigenvalue weighted by atomic mass is 10.0. The summed E-state index contributed by atoms with van der Waals surface area (Å²) >= 11 is 0. The van der Waals surface area contributed by atoms with E-state index in [0.29, 0.717) is 31.6 Å². The van der Waals surface area contributed by atoms with Crippen LogP contribution >= 0.6 is 15.6 Å². The van der Waals surface area contributed by atoms with E-state index in [1.54, 1.807) is 0 Å². The summed E-state index contributed by atoms with van der Waals surface area (Å²) in [6.45, 7) is 14.2. The number of aliphatic hydroxyl groups is 1. The number of unbranched alkanes of at least 4 members (excludes halogenated alkanes) is 44. The van der Waals surface area contributed by atoms with Crippen LogP contribution in [-0.4, -0.2) is 96.7 Å². The van der Waals surface area contributed by atoms with Gasteiger partial charge in [0.05, 0.1) is 26.4 Å². The largest absolute Gasteiger partial charge is 0.472 e. The van der Waals surface area contributed by atoms with Crippen LogP contribution in [0.1, 0.15) is 415 Å². The lowest BCUT2D eigenvalue weighted by Gasteiger charge is -2.21. The molecular weight excluding hydrogens is 1310 g/mol. The lowest BCUT2D eigenvalue weighted by Crippen LogP contribution is -2.30. The number of phosphoric acid groups is 2. The number of rotatable bonds is 78. The van der Waals surface area contributed by atoms with E-state index in [-0.39, 0.29) is 25.7 Å². The van der Waals surface area contributed by atoms with Gasteiger partial charge in [0.25, 0.3) is 0 Å².